The number of nitrogens with one attached hydrogen (secondary N) is 1. The van der Waals surface area contributed by atoms with E-state index >= 15 is 0 Å². The molecule has 0 amide bonds. The van der Waals surface area contributed by atoms with Crippen LogP contribution in [-0.2, 0) is 0 Å². The molecular weight excluding hydrogens is 367 g/mol. The summed E-state index contributed by atoms with van der Waals surface area (Å²) in [6.07, 6.45) is 3.15. The van der Waals surface area contributed by atoms with Gasteiger partial charge >= 0.3 is 0 Å². The number of benzene rings is 2. The number of ether oxygens (including phenoxy) is 1. The number of hydrogen-bond acceptors (Lipinski definition) is 5. The largest absolute Gasteiger partial charge is 0.453 e. The fraction of sp³-hybridized carbons (Fsp3) is 0.200. The molecule has 1 aromatic heterocycles. The second-order valence-corrected chi connectivity index (χ2v) is 7.55. The molecule has 0 saturated heterocycles. The van der Waals surface area contributed by atoms with Gasteiger partial charge in [-0.15, -0.1) is 11.3 Å². The highest BCUT2D eigenvalue weighted by molar-refractivity contribution is 7.20. The molecule has 2 heterocycles. The number of nitrogens with zero attached hydrogens (tertiary/aromatic N) is 1. The molecule has 1 atom stereocenters. The van der Waals surface area contributed by atoms with E-state index < -0.39 is 10.7 Å². The van der Waals surface area contributed by atoms with Crippen molar-refractivity contribution in [2.45, 2.75) is 19.4 Å². The highest BCUT2D eigenvalue weighted by Gasteiger charge is 2.17. The van der Waals surface area contributed by atoms with Gasteiger partial charge in [0.25, 0.3) is 5.69 Å². The summed E-state index contributed by atoms with van der Waals surface area (Å²) in [6, 6.07) is 11.6. The highest BCUT2D eigenvalue weighted by atomic mass is 32.1. The average Bonchev–Trinajstić information content (AvgIpc) is 3.08. The molecule has 3 aromatic rings. The summed E-state index contributed by atoms with van der Waals surface area (Å²) >= 11 is 1.61. The van der Waals surface area contributed by atoms with Crippen molar-refractivity contribution in [3.63, 3.8) is 0 Å². The van der Waals surface area contributed by atoms with Crippen molar-refractivity contribution in [3.8, 4) is 11.5 Å². The van der Waals surface area contributed by atoms with Crippen LogP contribution in [0.3, 0.4) is 0 Å². The highest BCUT2D eigenvalue weighted by Crippen LogP contribution is 2.40. The van der Waals surface area contributed by atoms with Gasteiger partial charge < -0.3 is 10.1 Å². The minimum Gasteiger partial charge on any atom is -0.453 e. The van der Waals surface area contributed by atoms with Gasteiger partial charge in [-0.1, -0.05) is 18.2 Å². The van der Waals surface area contributed by atoms with Gasteiger partial charge in [-0.05, 0) is 42.5 Å². The van der Waals surface area contributed by atoms with Crippen molar-refractivity contribution >= 4 is 32.7 Å². The molecule has 1 N–H and O–H groups in total. The lowest BCUT2D eigenvalue weighted by Gasteiger charge is -2.19. The van der Waals surface area contributed by atoms with E-state index in [0.717, 1.165) is 29.1 Å². The summed E-state index contributed by atoms with van der Waals surface area (Å²) in [6.45, 7) is 3.01. The normalized spacial score (nSPS) is 17.0. The first kappa shape index (κ1) is 17.6. The van der Waals surface area contributed by atoms with E-state index in [1.807, 2.05) is 12.1 Å². The number of non-ortho nitro benzene ring substituents is 1. The van der Waals surface area contributed by atoms with Crippen LogP contribution in [0.1, 0.15) is 18.2 Å². The van der Waals surface area contributed by atoms with Crippen LogP contribution >= 0.6 is 11.3 Å². The third-order valence-corrected chi connectivity index (χ3v) is 5.75. The van der Waals surface area contributed by atoms with Gasteiger partial charge in [0.2, 0.25) is 0 Å². The van der Waals surface area contributed by atoms with Crippen LogP contribution in [0.15, 0.2) is 48.5 Å². The first-order valence-corrected chi connectivity index (χ1v) is 9.40. The van der Waals surface area contributed by atoms with Gasteiger partial charge in [-0.2, -0.15) is 0 Å². The Bertz CT molecular complexity index is 1060. The molecule has 1 aliphatic rings. The maximum Gasteiger partial charge on any atom is 0.272 e. The third-order valence-electron chi connectivity index (χ3n) is 4.51. The van der Waals surface area contributed by atoms with Crippen LogP contribution in [-0.4, -0.2) is 17.5 Å². The first-order chi connectivity index (χ1) is 13.0. The summed E-state index contributed by atoms with van der Waals surface area (Å²) in [5, 5.41) is 15.2. The second kappa shape index (κ2) is 7.09. The Kier molecular flexibility index (Phi) is 4.63. The lowest BCUT2D eigenvalue weighted by Crippen LogP contribution is -2.29. The van der Waals surface area contributed by atoms with Crippen molar-refractivity contribution in [1.82, 2.24) is 5.32 Å². The van der Waals surface area contributed by atoms with Crippen molar-refractivity contribution in [2.75, 3.05) is 6.54 Å². The molecule has 0 fully saturated rings. The quantitative estimate of drug-likeness (QED) is 0.476. The van der Waals surface area contributed by atoms with Gasteiger partial charge in [0.05, 0.1) is 15.7 Å². The topological polar surface area (TPSA) is 64.4 Å². The fourth-order valence-electron chi connectivity index (χ4n) is 3.15. The summed E-state index contributed by atoms with van der Waals surface area (Å²) in [5.41, 5.74) is 0.998. The van der Waals surface area contributed by atoms with E-state index in [2.05, 4.69) is 24.4 Å². The van der Waals surface area contributed by atoms with E-state index in [9.17, 15) is 14.5 Å². The van der Waals surface area contributed by atoms with Gasteiger partial charge in [-0.3, -0.25) is 10.1 Å². The molecule has 2 aromatic carbocycles. The SMILES string of the molecule is CC1CC(c2cc3cccc(Oc4ccc([N+](=O)[O-])cc4F)c3s2)=CCN1. The molecular formula is C20H17FN2O3S. The summed E-state index contributed by atoms with van der Waals surface area (Å²) in [5.74, 6) is -0.246. The zero-order valence-electron chi connectivity index (χ0n) is 14.6. The van der Waals surface area contributed by atoms with Gasteiger partial charge in [0.15, 0.2) is 11.6 Å². The van der Waals surface area contributed by atoms with Crippen molar-refractivity contribution < 1.29 is 14.1 Å². The Labute approximate surface area is 159 Å². The number of nitro groups is 1. The minimum atomic E-state index is -0.757. The Morgan fingerprint density at radius 3 is 2.85 bits per heavy atom. The van der Waals surface area contributed by atoms with Crippen LogP contribution < -0.4 is 10.1 Å². The lowest BCUT2D eigenvalue weighted by atomic mass is 10.0. The Morgan fingerprint density at radius 2 is 2.11 bits per heavy atom. The Balaban J connectivity index is 1.68. The minimum absolute atomic E-state index is 0.0299. The van der Waals surface area contributed by atoms with Crippen LogP contribution in [0.25, 0.3) is 15.7 Å². The molecule has 1 unspecified atom stereocenters. The molecule has 0 aliphatic carbocycles. The molecule has 0 bridgehead atoms. The monoisotopic (exact) mass is 384 g/mol. The number of nitro benzene ring substituents is 1. The molecule has 5 nitrogen and oxygen atoms in total. The zero-order valence-corrected chi connectivity index (χ0v) is 15.4. The number of rotatable bonds is 4. The average molecular weight is 384 g/mol. The van der Waals surface area contributed by atoms with Crippen molar-refractivity contribution in [2.24, 2.45) is 0 Å². The smallest absolute Gasteiger partial charge is 0.272 e. The van der Waals surface area contributed by atoms with E-state index in [1.54, 1.807) is 17.4 Å². The lowest BCUT2D eigenvalue weighted by molar-refractivity contribution is -0.385. The van der Waals surface area contributed by atoms with Gasteiger partial charge in [0.1, 0.15) is 5.75 Å². The van der Waals surface area contributed by atoms with Crippen molar-refractivity contribution in [1.29, 1.82) is 0 Å². The predicted molar refractivity (Wildman–Crippen MR) is 105 cm³/mol. The molecule has 138 valence electrons. The van der Waals surface area contributed by atoms with E-state index in [-0.39, 0.29) is 11.4 Å². The Hall–Kier alpha value is -2.77. The van der Waals surface area contributed by atoms with Crippen molar-refractivity contribution in [3.05, 3.63) is 69.3 Å². The summed E-state index contributed by atoms with van der Waals surface area (Å²) < 4.78 is 20.9. The standard InChI is InChI=1S/C20H17FN2O3S/c1-12-9-13(7-8-22-12)19-10-14-3-2-4-18(20(14)27-19)26-17-6-5-15(23(24)25)11-16(17)21/h2-7,10-12,22H,8-9H2,1H3. The first-order valence-electron chi connectivity index (χ1n) is 8.58. The zero-order chi connectivity index (χ0) is 19.0. The van der Waals surface area contributed by atoms with E-state index in [1.165, 1.54) is 22.6 Å². The van der Waals surface area contributed by atoms with E-state index in [0.29, 0.717) is 11.8 Å². The molecule has 27 heavy (non-hydrogen) atoms. The van der Waals surface area contributed by atoms with Crippen LogP contribution in [0, 0.1) is 15.9 Å². The molecule has 4 rings (SSSR count). The van der Waals surface area contributed by atoms with Crippen LogP contribution in [0.4, 0.5) is 10.1 Å². The molecule has 1 aliphatic heterocycles. The maximum absolute atomic E-state index is 14.2. The fourth-order valence-corrected chi connectivity index (χ4v) is 4.31. The number of fused-ring (bicyclic) bond motifs is 1. The van der Waals surface area contributed by atoms with Crippen LogP contribution in [0.5, 0.6) is 11.5 Å². The van der Waals surface area contributed by atoms with Gasteiger partial charge in [-0.25, -0.2) is 4.39 Å². The van der Waals surface area contributed by atoms with Gasteiger partial charge in [0, 0.05) is 23.5 Å². The summed E-state index contributed by atoms with van der Waals surface area (Å²) in [7, 11) is 0. The number of hydrogen-bond donors (Lipinski definition) is 1. The molecule has 0 radical (unpaired) electrons. The Morgan fingerprint density at radius 1 is 1.26 bits per heavy atom. The predicted octanol–water partition coefficient (Wildman–Crippen LogP) is 5.51. The maximum atomic E-state index is 14.2. The molecule has 0 spiro atoms. The molecule has 7 heteroatoms. The third kappa shape index (κ3) is 3.56. The number of halogens is 1. The summed E-state index contributed by atoms with van der Waals surface area (Å²) in [4.78, 5) is 11.3. The molecule has 0 saturated carbocycles. The van der Waals surface area contributed by atoms with E-state index in [4.69, 9.17) is 4.74 Å². The van der Waals surface area contributed by atoms with Crippen LogP contribution in [0.2, 0.25) is 0 Å². The second-order valence-electron chi connectivity index (χ2n) is 6.50. The number of thiophene rings is 1.